The molecule has 5 heteroatoms. The van der Waals surface area contributed by atoms with E-state index in [9.17, 15) is 0 Å². The molecular weight excluding hydrogens is 699 g/mol. The van der Waals surface area contributed by atoms with Crippen molar-refractivity contribution in [2.45, 2.75) is 19.3 Å². The quantitative estimate of drug-likeness (QED) is 0.181. The number of hydrogen-bond donors (Lipinski definition) is 0. The largest absolute Gasteiger partial charge is 0.455 e. The third-order valence-corrected chi connectivity index (χ3v) is 12.7. The Balaban J connectivity index is 1.03. The maximum Gasteiger partial charge on any atom is 0.182 e. The maximum absolute atomic E-state index is 6.46. The minimum Gasteiger partial charge on any atom is -0.455 e. The van der Waals surface area contributed by atoms with Crippen molar-refractivity contribution < 1.29 is 8.83 Å². The van der Waals surface area contributed by atoms with Gasteiger partial charge in [-0.15, -0.1) is 0 Å². The highest BCUT2D eigenvalue weighted by Gasteiger charge is 2.36. The van der Waals surface area contributed by atoms with E-state index in [4.69, 9.17) is 8.83 Å². The van der Waals surface area contributed by atoms with Crippen LogP contribution in [0.4, 0.5) is 17.1 Å². The molecule has 0 unspecified atom stereocenters. The van der Waals surface area contributed by atoms with Gasteiger partial charge < -0.3 is 18.1 Å². The second-order valence-corrected chi connectivity index (χ2v) is 16.0. The van der Waals surface area contributed by atoms with Crippen molar-refractivity contribution in [2.75, 3.05) is 4.90 Å². The topological polar surface area (TPSA) is 46.8 Å². The van der Waals surface area contributed by atoms with E-state index in [1.807, 2.05) is 12.1 Å². The molecule has 13 rings (SSSR count). The fourth-order valence-electron chi connectivity index (χ4n) is 10.0. The molecule has 0 fully saturated rings. The fourth-order valence-corrected chi connectivity index (χ4v) is 10.0. The van der Waals surface area contributed by atoms with Gasteiger partial charge in [0, 0.05) is 55.0 Å². The molecule has 0 saturated heterocycles. The molecule has 12 aromatic rings. The van der Waals surface area contributed by atoms with Gasteiger partial charge in [-0.3, -0.25) is 0 Å². The third-order valence-electron chi connectivity index (χ3n) is 12.7. The van der Waals surface area contributed by atoms with Gasteiger partial charge in [-0.1, -0.05) is 111 Å². The van der Waals surface area contributed by atoms with Gasteiger partial charge >= 0.3 is 0 Å². The zero-order chi connectivity index (χ0) is 37.6. The summed E-state index contributed by atoms with van der Waals surface area (Å²) < 4.78 is 14.9. The second-order valence-electron chi connectivity index (χ2n) is 16.0. The van der Waals surface area contributed by atoms with Crippen molar-refractivity contribution in [1.82, 2.24) is 9.38 Å². The SMILES string of the molecule is CC1(C)c2ccccc2-c2ccc(N(c3ccc(-c4cccc5c4oc4ccccc45)cc3)c3ccc4c(c3)c3cc5ncoc5c5c6ccccc6n4c35)cc21. The molecule has 57 heavy (non-hydrogen) atoms. The van der Waals surface area contributed by atoms with Gasteiger partial charge in [0.2, 0.25) is 0 Å². The Hall–Kier alpha value is -7.37. The number of nitrogens with zero attached hydrogens (tertiary/aromatic N) is 3. The van der Waals surface area contributed by atoms with Crippen LogP contribution in [0.3, 0.4) is 0 Å². The van der Waals surface area contributed by atoms with E-state index in [1.54, 1.807) is 6.39 Å². The summed E-state index contributed by atoms with van der Waals surface area (Å²) in [6.45, 7) is 4.69. The predicted octanol–water partition coefficient (Wildman–Crippen LogP) is 14.3. The van der Waals surface area contributed by atoms with Gasteiger partial charge in [-0.25, -0.2) is 4.98 Å². The molecule has 5 nitrogen and oxygen atoms in total. The standard InChI is InChI=1S/C52H33N3O2/c1-52(2)42-15-6-3-10-35(42)36-24-22-33(27-43(36)52)54(31-20-18-30(19-21-31)34-13-9-14-38-37-11-5-8-17-47(37)57-50(34)38)32-23-25-46-40(26-32)41-28-44-51(56-29-53-44)48-39-12-4-7-16-45(39)55(46)49(41)48/h3-29H,1-2H3. The molecule has 4 heterocycles. The Kier molecular flexibility index (Phi) is 5.91. The van der Waals surface area contributed by atoms with Gasteiger partial charge in [0.25, 0.3) is 0 Å². The fraction of sp³-hybridized carbons (Fsp3) is 0.0577. The summed E-state index contributed by atoms with van der Waals surface area (Å²) in [5, 5.41) is 6.89. The molecule has 0 saturated carbocycles. The number of furan rings is 1. The van der Waals surface area contributed by atoms with Crippen molar-refractivity contribution in [1.29, 1.82) is 0 Å². The van der Waals surface area contributed by atoms with Crippen LogP contribution in [-0.2, 0) is 5.41 Å². The van der Waals surface area contributed by atoms with Crippen LogP contribution in [0.1, 0.15) is 25.0 Å². The smallest absolute Gasteiger partial charge is 0.182 e. The predicted molar refractivity (Wildman–Crippen MR) is 234 cm³/mol. The zero-order valence-corrected chi connectivity index (χ0v) is 31.2. The highest BCUT2D eigenvalue weighted by Crippen LogP contribution is 2.51. The monoisotopic (exact) mass is 731 g/mol. The van der Waals surface area contributed by atoms with Crippen LogP contribution in [0, 0.1) is 0 Å². The van der Waals surface area contributed by atoms with Crippen molar-refractivity contribution in [3.8, 4) is 22.3 Å². The first-order chi connectivity index (χ1) is 28.0. The first kappa shape index (κ1) is 30.9. The molecule has 0 spiro atoms. The van der Waals surface area contributed by atoms with Gasteiger partial charge in [-0.2, -0.15) is 0 Å². The summed E-state index contributed by atoms with van der Waals surface area (Å²) in [5.41, 5.74) is 17.6. The first-order valence-electron chi connectivity index (χ1n) is 19.5. The van der Waals surface area contributed by atoms with E-state index in [0.29, 0.717) is 0 Å². The molecule has 0 amide bonds. The summed E-state index contributed by atoms with van der Waals surface area (Å²) in [4.78, 5) is 7.05. The summed E-state index contributed by atoms with van der Waals surface area (Å²) >= 11 is 0. The number of oxazole rings is 1. The summed E-state index contributed by atoms with van der Waals surface area (Å²) in [6, 6.07) is 57.2. The molecule has 0 N–H and O–H groups in total. The molecule has 0 aliphatic heterocycles. The van der Waals surface area contributed by atoms with Crippen LogP contribution in [-0.4, -0.2) is 9.38 Å². The number of benzene rings is 8. The van der Waals surface area contributed by atoms with Crippen LogP contribution < -0.4 is 4.90 Å². The average molecular weight is 732 g/mol. The van der Waals surface area contributed by atoms with Crippen LogP contribution in [0.2, 0.25) is 0 Å². The Morgan fingerprint density at radius 2 is 1.23 bits per heavy atom. The number of rotatable bonds is 4. The summed E-state index contributed by atoms with van der Waals surface area (Å²) in [6.07, 6.45) is 1.56. The van der Waals surface area contributed by atoms with E-state index >= 15 is 0 Å². The lowest BCUT2D eigenvalue weighted by Gasteiger charge is -2.28. The van der Waals surface area contributed by atoms with Crippen molar-refractivity contribution >= 4 is 88.2 Å². The Morgan fingerprint density at radius 3 is 2.14 bits per heavy atom. The zero-order valence-electron chi connectivity index (χ0n) is 31.2. The molecule has 1 aliphatic rings. The molecule has 1 aliphatic carbocycles. The van der Waals surface area contributed by atoms with Crippen molar-refractivity contribution in [2.24, 2.45) is 0 Å². The third kappa shape index (κ3) is 4.05. The molecule has 0 radical (unpaired) electrons. The molecule has 0 bridgehead atoms. The van der Waals surface area contributed by atoms with Crippen LogP contribution in [0.25, 0.3) is 93.4 Å². The lowest BCUT2D eigenvalue weighted by atomic mass is 9.82. The number of fused-ring (bicyclic) bond motifs is 14. The normalized spacial score (nSPS) is 13.6. The molecule has 0 atom stereocenters. The molecular formula is C52H33N3O2. The van der Waals surface area contributed by atoms with Crippen molar-refractivity contribution in [3.05, 3.63) is 175 Å². The van der Waals surface area contributed by atoms with Gasteiger partial charge in [0.15, 0.2) is 12.0 Å². The Bertz CT molecular complexity index is 3620. The highest BCUT2D eigenvalue weighted by molar-refractivity contribution is 6.30. The summed E-state index contributed by atoms with van der Waals surface area (Å²) in [7, 11) is 0. The number of anilines is 3. The summed E-state index contributed by atoms with van der Waals surface area (Å²) in [5.74, 6) is 0. The minimum atomic E-state index is -0.135. The van der Waals surface area contributed by atoms with Crippen LogP contribution in [0.15, 0.2) is 173 Å². The highest BCUT2D eigenvalue weighted by atomic mass is 16.3. The van der Waals surface area contributed by atoms with Gasteiger partial charge in [0.05, 0.1) is 21.9 Å². The van der Waals surface area contributed by atoms with E-state index in [2.05, 4.69) is 174 Å². The second kappa shape index (κ2) is 10.9. The molecule has 8 aromatic carbocycles. The Morgan fingerprint density at radius 1 is 0.526 bits per heavy atom. The van der Waals surface area contributed by atoms with Crippen LogP contribution in [0.5, 0.6) is 0 Å². The van der Waals surface area contributed by atoms with E-state index < -0.39 is 0 Å². The van der Waals surface area contributed by atoms with Crippen LogP contribution >= 0.6 is 0 Å². The van der Waals surface area contributed by atoms with Crippen molar-refractivity contribution in [3.63, 3.8) is 0 Å². The van der Waals surface area contributed by atoms with E-state index in [0.717, 1.165) is 77.6 Å². The maximum atomic E-state index is 6.46. The van der Waals surface area contributed by atoms with E-state index in [1.165, 1.54) is 43.9 Å². The van der Waals surface area contributed by atoms with Gasteiger partial charge in [-0.05, 0) is 88.5 Å². The average Bonchev–Trinajstić information content (AvgIpc) is 4.06. The van der Waals surface area contributed by atoms with Gasteiger partial charge in [0.1, 0.15) is 16.7 Å². The number of aromatic nitrogens is 2. The number of hydrogen-bond acceptors (Lipinski definition) is 4. The minimum absolute atomic E-state index is 0.135. The lowest BCUT2D eigenvalue weighted by Crippen LogP contribution is -2.16. The molecule has 268 valence electrons. The first-order valence-corrected chi connectivity index (χ1v) is 19.5. The lowest BCUT2D eigenvalue weighted by molar-refractivity contribution is 0.605. The Labute approximate surface area is 327 Å². The van der Waals surface area contributed by atoms with E-state index in [-0.39, 0.29) is 5.41 Å². The molecule has 4 aromatic heterocycles. The number of para-hydroxylation sites is 3.